The Labute approximate surface area is 125 Å². The van der Waals surface area contributed by atoms with Gasteiger partial charge in [-0.3, -0.25) is 0 Å². The Kier molecular flexibility index (Phi) is 12.4. The van der Waals surface area contributed by atoms with Gasteiger partial charge in [-0.2, -0.15) is 0 Å². The van der Waals surface area contributed by atoms with Gasteiger partial charge in [-0.05, 0) is 6.42 Å². The largest absolute Gasteiger partial charge is 0.206 e. The van der Waals surface area contributed by atoms with Crippen LogP contribution in [0.25, 0.3) is 0 Å². The van der Waals surface area contributed by atoms with E-state index in [1.54, 1.807) is 0 Å². The van der Waals surface area contributed by atoms with Crippen molar-refractivity contribution in [2.45, 2.75) is 103 Å². The van der Waals surface area contributed by atoms with E-state index in [-0.39, 0.29) is 6.10 Å². The summed E-state index contributed by atoms with van der Waals surface area (Å²) in [6.45, 7) is 2.95. The quantitative estimate of drug-likeness (QED) is 0.319. The van der Waals surface area contributed by atoms with Gasteiger partial charge in [0.15, 0.2) is 0 Å². The molecule has 3 heteroatoms. The van der Waals surface area contributed by atoms with Crippen LogP contribution in [0.2, 0.25) is 0 Å². The Morgan fingerprint density at radius 1 is 0.750 bits per heavy atom. The van der Waals surface area contributed by atoms with Gasteiger partial charge in [0, 0.05) is 6.42 Å². The van der Waals surface area contributed by atoms with Gasteiger partial charge in [-0.1, -0.05) is 89.0 Å². The Hall–Kier alpha value is -0.120. The summed E-state index contributed by atoms with van der Waals surface area (Å²) < 4.78 is 0. The molecule has 0 amide bonds. The van der Waals surface area contributed by atoms with Crippen molar-refractivity contribution in [3.8, 4) is 0 Å². The second-order valence-corrected chi connectivity index (χ2v) is 6.07. The molecule has 1 rings (SSSR count). The summed E-state index contributed by atoms with van der Waals surface area (Å²) >= 11 is 0. The first-order valence-corrected chi connectivity index (χ1v) is 8.88. The molecule has 3 nitrogen and oxygen atoms in total. The van der Waals surface area contributed by atoms with Gasteiger partial charge in [-0.25, -0.2) is 9.78 Å². The summed E-state index contributed by atoms with van der Waals surface area (Å²) in [5.74, 6) is 0. The standard InChI is InChI=1S/C17H34O3/c1-2-3-4-5-6-7-8-9-10-11-12-13-14-17-15-16-18-20-19-17/h17H,2-16H2,1H3. The van der Waals surface area contributed by atoms with Gasteiger partial charge in [-0.15, -0.1) is 0 Å². The third kappa shape index (κ3) is 10.6. The van der Waals surface area contributed by atoms with Crippen LogP contribution in [0.3, 0.4) is 0 Å². The van der Waals surface area contributed by atoms with E-state index in [4.69, 9.17) is 9.78 Å². The summed E-state index contributed by atoms with van der Waals surface area (Å²) in [6, 6.07) is 0. The molecule has 0 aliphatic carbocycles. The molecule has 0 aromatic heterocycles. The topological polar surface area (TPSA) is 27.7 Å². The van der Waals surface area contributed by atoms with Gasteiger partial charge < -0.3 is 0 Å². The highest BCUT2D eigenvalue weighted by molar-refractivity contribution is 4.58. The van der Waals surface area contributed by atoms with Crippen molar-refractivity contribution in [1.29, 1.82) is 0 Å². The SMILES string of the molecule is CCCCCCCCCCCCCCC1CCOOO1. The van der Waals surface area contributed by atoms with Crippen molar-refractivity contribution in [2.75, 3.05) is 6.61 Å². The summed E-state index contributed by atoms with van der Waals surface area (Å²) in [5.41, 5.74) is 0. The molecule has 120 valence electrons. The first kappa shape index (κ1) is 17.9. The monoisotopic (exact) mass is 286 g/mol. The molecular formula is C17H34O3. The molecule has 1 unspecified atom stereocenters. The van der Waals surface area contributed by atoms with Crippen LogP contribution in [0.5, 0.6) is 0 Å². The van der Waals surface area contributed by atoms with Crippen LogP contribution in [0.1, 0.15) is 96.8 Å². The summed E-state index contributed by atoms with van der Waals surface area (Å²) in [7, 11) is 0. The molecule has 0 bridgehead atoms. The average molecular weight is 286 g/mol. The molecule has 20 heavy (non-hydrogen) atoms. The van der Waals surface area contributed by atoms with Crippen LogP contribution in [0.4, 0.5) is 0 Å². The third-order valence-electron chi connectivity index (χ3n) is 4.13. The lowest BCUT2D eigenvalue weighted by Gasteiger charge is -2.19. The lowest BCUT2D eigenvalue weighted by atomic mass is 10.0. The molecule has 1 fully saturated rings. The van der Waals surface area contributed by atoms with E-state index in [2.05, 4.69) is 12.0 Å². The molecular weight excluding hydrogens is 252 g/mol. The lowest BCUT2D eigenvalue weighted by Crippen LogP contribution is -2.21. The van der Waals surface area contributed by atoms with Crippen LogP contribution in [-0.4, -0.2) is 12.7 Å². The molecule has 1 aliphatic rings. The van der Waals surface area contributed by atoms with E-state index in [0.717, 1.165) is 12.8 Å². The molecule has 1 saturated heterocycles. The molecule has 0 aromatic rings. The molecule has 0 radical (unpaired) electrons. The maximum atomic E-state index is 5.06. The number of hydrogen-bond donors (Lipinski definition) is 0. The first-order valence-electron chi connectivity index (χ1n) is 8.88. The lowest BCUT2D eigenvalue weighted by molar-refractivity contribution is -0.549. The molecule has 1 heterocycles. The van der Waals surface area contributed by atoms with E-state index in [1.165, 1.54) is 77.0 Å². The van der Waals surface area contributed by atoms with Crippen molar-refractivity contribution in [2.24, 2.45) is 0 Å². The second kappa shape index (κ2) is 13.8. The van der Waals surface area contributed by atoms with Crippen molar-refractivity contribution >= 4 is 0 Å². The molecule has 0 aromatic carbocycles. The highest BCUT2D eigenvalue weighted by atomic mass is 17.5. The van der Waals surface area contributed by atoms with Crippen molar-refractivity contribution in [3.63, 3.8) is 0 Å². The van der Waals surface area contributed by atoms with E-state index in [9.17, 15) is 0 Å². The van der Waals surface area contributed by atoms with Crippen LogP contribution in [0.15, 0.2) is 0 Å². The van der Waals surface area contributed by atoms with Gasteiger partial charge in [0.2, 0.25) is 0 Å². The average Bonchev–Trinajstić information content (AvgIpc) is 2.49. The highest BCUT2D eigenvalue weighted by Crippen LogP contribution is 2.16. The predicted octanol–water partition coefficient (Wildman–Crippen LogP) is 5.73. The third-order valence-corrected chi connectivity index (χ3v) is 4.13. The molecule has 0 N–H and O–H groups in total. The van der Waals surface area contributed by atoms with E-state index in [0.29, 0.717) is 6.61 Å². The van der Waals surface area contributed by atoms with Gasteiger partial charge in [0.25, 0.3) is 0 Å². The molecule has 0 saturated carbocycles. The number of hydrogen-bond acceptors (Lipinski definition) is 3. The highest BCUT2D eigenvalue weighted by Gasteiger charge is 2.15. The van der Waals surface area contributed by atoms with Crippen molar-refractivity contribution in [3.05, 3.63) is 0 Å². The smallest absolute Gasteiger partial charge is 0.0984 e. The maximum Gasteiger partial charge on any atom is 0.0984 e. The summed E-state index contributed by atoms with van der Waals surface area (Å²) in [4.78, 5) is 9.75. The normalized spacial score (nSPS) is 19.4. The van der Waals surface area contributed by atoms with Crippen LogP contribution >= 0.6 is 0 Å². The zero-order valence-electron chi connectivity index (χ0n) is 13.4. The maximum absolute atomic E-state index is 5.06. The van der Waals surface area contributed by atoms with E-state index in [1.807, 2.05) is 0 Å². The van der Waals surface area contributed by atoms with Crippen molar-refractivity contribution < 1.29 is 14.8 Å². The zero-order chi connectivity index (χ0) is 14.3. The number of rotatable bonds is 13. The fourth-order valence-corrected chi connectivity index (χ4v) is 2.75. The molecule has 0 spiro atoms. The fraction of sp³-hybridized carbons (Fsp3) is 1.00. The molecule has 1 aliphatic heterocycles. The van der Waals surface area contributed by atoms with Gasteiger partial charge in [0.1, 0.15) is 0 Å². The minimum atomic E-state index is 0.256. The predicted molar refractivity (Wildman–Crippen MR) is 82.2 cm³/mol. The Morgan fingerprint density at radius 2 is 1.30 bits per heavy atom. The van der Waals surface area contributed by atoms with E-state index >= 15 is 0 Å². The minimum absolute atomic E-state index is 0.256. The first-order chi connectivity index (χ1) is 9.93. The fourth-order valence-electron chi connectivity index (χ4n) is 2.75. The van der Waals surface area contributed by atoms with Crippen molar-refractivity contribution in [1.82, 2.24) is 0 Å². The Bertz CT molecular complexity index is 191. The Morgan fingerprint density at radius 3 is 1.80 bits per heavy atom. The van der Waals surface area contributed by atoms with E-state index < -0.39 is 0 Å². The van der Waals surface area contributed by atoms with Crippen LogP contribution in [-0.2, 0) is 14.8 Å². The van der Waals surface area contributed by atoms with Gasteiger partial charge in [0.05, 0.1) is 12.7 Å². The van der Waals surface area contributed by atoms with Crippen LogP contribution < -0.4 is 0 Å². The van der Waals surface area contributed by atoms with Crippen LogP contribution in [0, 0.1) is 0 Å². The number of unbranched alkanes of at least 4 members (excludes halogenated alkanes) is 11. The Balaban J connectivity index is 1.70. The minimum Gasteiger partial charge on any atom is -0.206 e. The molecule has 1 atom stereocenters. The second-order valence-electron chi connectivity index (χ2n) is 6.07. The summed E-state index contributed by atoms with van der Waals surface area (Å²) in [6.07, 6.45) is 19.1. The summed E-state index contributed by atoms with van der Waals surface area (Å²) in [5, 5.41) is 4.54. The zero-order valence-corrected chi connectivity index (χ0v) is 13.4. The van der Waals surface area contributed by atoms with Gasteiger partial charge >= 0.3 is 0 Å².